The molecule has 1 aromatic heterocycles. The number of halogens is 1. The SMILES string of the molecule is CNCc1cc(Br)cnc1OC1CCCCCC1. The highest BCUT2D eigenvalue weighted by molar-refractivity contribution is 9.10. The van der Waals surface area contributed by atoms with Gasteiger partial charge in [-0.2, -0.15) is 0 Å². The Bertz CT molecular complexity index is 376. The third-order valence-electron chi connectivity index (χ3n) is 3.34. The lowest BCUT2D eigenvalue weighted by atomic mass is 10.1. The first-order valence-electron chi connectivity index (χ1n) is 6.75. The number of nitrogens with zero attached hydrogens (tertiary/aromatic N) is 1. The van der Waals surface area contributed by atoms with Gasteiger partial charge in [-0.3, -0.25) is 0 Å². The summed E-state index contributed by atoms with van der Waals surface area (Å²) in [6.45, 7) is 0.786. The fourth-order valence-corrected chi connectivity index (χ4v) is 2.79. The van der Waals surface area contributed by atoms with Crippen LogP contribution in [0.15, 0.2) is 16.7 Å². The van der Waals surface area contributed by atoms with Gasteiger partial charge in [0.15, 0.2) is 0 Å². The highest BCUT2D eigenvalue weighted by Crippen LogP contribution is 2.25. The van der Waals surface area contributed by atoms with Gasteiger partial charge in [0, 0.05) is 22.8 Å². The summed E-state index contributed by atoms with van der Waals surface area (Å²) in [6, 6.07) is 2.08. The maximum absolute atomic E-state index is 6.10. The van der Waals surface area contributed by atoms with Crippen LogP contribution in [0, 0.1) is 0 Å². The average molecular weight is 313 g/mol. The van der Waals surface area contributed by atoms with E-state index in [-0.39, 0.29) is 0 Å². The van der Waals surface area contributed by atoms with Gasteiger partial charge in [0.25, 0.3) is 0 Å². The van der Waals surface area contributed by atoms with E-state index in [2.05, 4.69) is 32.3 Å². The Morgan fingerprint density at radius 1 is 1.33 bits per heavy atom. The van der Waals surface area contributed by atoms with Crippen molar-refractivity contribution in [2.45, 2.75) is 51.2 Å². The van der Waals surface area contributed by atoms with Gasteiger partial charge in [-0.25, -0.2) is 4.98 Å². The van der Waals surface area contributed by atoms with Crippen LogP contribution in [0.4, 0.5) is 0 Å². The molecule has 0 unspecified atom stereocenters. The first-order chi connectivity index (χ1) is 8.79. The van der Waals surface area contributed by atoms with Crippen molar-refractivity contribution in [3.05, 3.63) is 22.3 Å². The zero-order valence-corrected chi connectivity index (χ0v) is 12.5. The maximum Gasteiger partial charge on any atom is 0.218 e. The van der Waals surface area contributed by atoms with E-state index in [0.29, 0.717) is 6.10 Å². The number of hydrogen-bond donors (Lipinski definition) is 1. The first-order valence-corrected chi connectivity index (χ1v) is 7.54. The van der Waals surface area contributed by atoms with Crippen LogP contribution in [0.25, 0.3) is 0 Å². The highest BCUT2D eigenvalue weighted by atomic mass is 79.9. The van der Waals surface area contributed by atoms with Crippen LogP contribution in [-0.2, 0) is 6.54 Å². The Kier molecular flexibility index (Phi) is 5.45. The van der Waals surface area contributed by atoms with Crippen LogP contribution < -0.4 is 10.1 Å². The molecule has 4 heteroatoms. The number of nitrogens with one attached hydrogen (secondary N) is 1. The summed E-state index contributed by atoms with van der Waals surface area (Å²) in [6.07, 6.45) is 9.73. The van der Waals surface area contributed by atoms with E-state index in [4.69, 9.17) is 4.74 Å². The molecule has 1 aliphatic rings. The lowest BCUT2D eigenvalue weighted by Gasteiger charge is -2.18. The summed E-state index contributed by atoms with van der Waals surface area (Å²) in [5, 5.41) is 3.16. The highest BCUT2D eigenvalue weighted by Gasteiger charge is 2.16. The molecule has 0 bridgehead atoms. The summed E-state index contributed by atoms with van der Waals surface area (Å²) in [5.74, 6) is 0.791. The van der Waals surface area contributed by atoms with Gasteiger partial charge in [0.2, 0.25) is 5.88 Å². The molecular formula is C14H21BrN2O. The van der Waals surface area contributed by atoms with Crippen molar-refractivity contribution in [3.8, 4) is 5.88 Å². The topological polar surface area (TPSA) is 34.2 Å². The Hall–Kier alpha value is -0.610. The molecule has 0 amide bonds. The molecule has 3 nitrogen and oxygen atoms in total. The second-order valence-electron chi connectivity index (χ2n) is 4.88. The van der Waals surface area contributed by atoms with Gasteiger partial charge >= 0.3 is 0 Å². The summed E-state index contributed by atoms with van der Waals surface area (Å²) in [5.41, 5.74) is 1.12. The predicted molar refractivity (Wildman–Crippen MR) is 76.8 cm³/mol. The number of ether oxygens (including phenoxy) is 1. The third-order valence-corrected chi connectivity index (χ3v) is 3.77. The largest absolute Gasteiger partial charge is 0.474 e. The minimum atomic E-state index is 0.344. The molecule has 0 radical (unpaired) electrons. The van der Waals surface area contributed by atoms with E-state index in [1.807, 2.05) is 13.2 Å². The zero-order chi connectivity index (χ0) is 12.8. The molecular weight excluding hydrogens is 292 g/mol. The van der Waals surface area contributed by atoms with E-state index in [1.54, 1.807) is 0 Å². The Balaban J connectivity index is 2.06. The second-order valence-corrected chi connectivity index (χ2v) is 5.80. The van der Waals surface area contributed by atoms with Crippen molar-refractivity contribution in [1.82, 2.24) is 10.3 Å². The smallest absolute Gasteiger partial charge is 0.218 e. The molecule has 1 aliphatic carbocycles. The van der Waals surface area contributed by atoms with Crippen molar-refractivity contribution in [3.63, 3.8) is 0 Å². The van der Waals surface area contributed by atoms with Crippen molar-refractivity contribution in [2.75, 3.05) is 7.05 Å². The van der Waals surface area contributed by atoms with Gasteiger partial charge in [-0.15, -0.1) is 0 Å². The molecule has 1 aromatic rings. The van der Waals surface area contributed by atoms with Crippen molar-refractivity contribution >= 4 is 15.9 Å². The Morgan fingerprint density at radius 2 is 2.06 bits per heavy atom. The van der Waals surface area contributed by atoms with Gasteiger partial charge in [-0.05, 0) is 54.7 Å². The van der Waals surface area contributed by atoms with Crippen molar-refractivity contribution < 1.29 is 4.74 Å². The van der Waals surface area contributed by atoms with Gasteiger partial charge in [0.05, 0.1) is 0 Å². The second kappa shape index (κ2) is 7.10. The lowest BCUT2D eigenvalue weighted by Crippen LogP contribution is -2.18. The van der Waals surface area contributed by atoms with Crippen LogP contribution in [0.3, 0.4) is 0 Å². The van der Waals surface area contributed by atoms with Crippen LogP contribution in [0.1, 0.15) is 44.1 Å². The van der Waals surface area contributed by atoms with E-state index in [1.165, 1.54) is 25.7 Å². The van der Waals surface area contributed by atoms with Gasteiger partial charge in [-0.1, -0.05) is 12.8 Å². The Labute approximate surface area is 117 Å². The zero-order valence-electron chi connectivity index (χ0n) is 10.9. The minimum absolute atomic E-state index is 0.344. The van der Waals surface area contributed by atoms with E-state index in [9.17, 15) is 0 Å². The summed E-state index contributed by atoms with van der Waals surface area (Å²) in [4.78, 5) is 4.41. The predicted octanol–water partition coefficient (Wildman–Crippen LogP) is 3.67. The molecule has 1 heterocycles. The van der Waals surface area contributed by atoms with Crippen LogP contribution in [0.2, 0.25) is 0 Å². The summed E-state index contributed by atoms with van der Waals surface area (Å²) < 4.78 is 7.10. The summed E-state index contributed by atoms with van der Waals surface area (Å²) in [7, 11) is 1.94. The first kappa shape index (κ1) is 13.8. The average Bonchev–Trinajstić information content (AvgIpc) is 2.61. The molecule has 1 N–H and O–H groups in total. The molecule has 18 heavy (non-hydrogen) atoms. The van der Waals surface area contributed by atoms with E-state index in [0.717, 1.165) is 35.3 Å². The monoisotopic (exact) mass is 312 g/mol. The normalized spacial score (nSPS) is 17.4. The molecule has 0 aromatic carbocycles. The number of rotatable bonds is 4. The number of pyridine rings is 1. The molecule has 0 saturated heterocycles. The molecule has 0 atom stereocenters. The maximum atomic E-state index is 6.10. The fourth-order valence-electron chi connectivity index (χ4n) is 2.41. The number of hydrogen-bond acceptors (Lipinski definition) is 3. The van der Waals surface area contributed by atoms with Gasteiger partial charge < -0.3 is 10.1 Å². The summed E-state index contributed by atoms with van der Waals surface area (Å²) >= 11 is 3.46. The lowest BCUT2D eigenvalue weighted by molar-refractivity contribution is 0.174. The standard InChI is InChI=1S/C14H21BrN2O/c1-16-9-11-8-12(15)10-17-14(11)18-13-6-4-2-3-5-7-13/h8,10,13,16H,2-7,9H2,1H3. The Morgan fingerprint density at radius 3 is 2.72 bits per heavy atom. The molecule has 0 aliphatic heterocycles. The third kappa shape index (κ3) is 3.95. The quantitative estimate of drug-likeness (QED) is 0.861. The fraction of sp³-hybridized carbons (Fsp3) is 0.643. The van der Waals surface area contributed by atoms with Gasteiger partial charge in [0.1, 0.15) is 6.10 Å². The molecule has 0 spiro atoms. The van der Waals surface area contributed by atoms with Crippen LogP contribution in [0.5, 0.6) is 5.88 Å². The molecule has 2 rings (SSSR count). The molecule has 100 valence electrons. The van der Waals surface area contributed by atoms with Crippen LogP contribution >= 0.6 is 15.9 Å². The van der Waals surface area contributed by atoms with E-state index < -0.39 is 0 Å². The molecule has 1 fully saturated rings. The number of aromatic nitrogens is 1. The minimum Gasteiger partial charge on any atom is -0.474 e. The van der Waals surface area contributed by atoms with E-state index >= 15 is 0 Å². The van der Waals surface area contributed by atoms with Crippen molar-refractivity contribution in [1.29, 1.82) is 0 Å². The molecule has 1 saturated carbocycles. The van der Waals surface area contributed by atoms with Crippen molar-refractivity contribution in [2.24, 2.45) is 0 Å². The van der Waals surface area contributed by atoms with Crippen LogP contribution in [-0.4, -0.2) is 18.1 Å².